The van der Waals surface area contributed by atoms with Crippen LogP contribution >= 0.6 is 0 Å². The number of fused-ring (bicyclic) bond motifs is 1. The smallest absolute Gasteiger partial charge is 0.307 e. The lowest BCUT2D eigenvalue weighted by Gasteiger charge is -2.53. The van der Waals surface area contributed by atoms with Gasteiger partial charge in [-0.1, -0.05) is 50.8 Å². The van der Waals surface area contributed by atoms with Crippen molar-refractivity contribution in [1.29, 1.82) is 0 Å². The number of hydrogen-bond acceptors (Lipinski definition) is 4. The van der Waals surface area contributed by atoms with Crippen LogP contribution in [0.15, 0.2) is 24.3 Å². The largest absolute Gasteiger partial charge is 0.469 e. The maximum Gasteiger partial charge on any atom is 0.307 e. The molecule has 1 aliphatic carbocycles. The molecule has 158 valence electrons. The first-order chi connectivity index (χ1) is 14.0. The maximum absolute atomic E-state index is 13.4. The van der Waals surface area contributed by atoms with Gasteiger partial charge in [-0.25, -0.2) is 0 Å². The highest BCUT2D eigenvalue weighted by Crippen LogP contribution is 2.49. The highest BCUT2D eigenvalue weighted by atomic mass is 16.5. The average Bonchev–Trinajstić information content (AvgIpc) is 2.74. The molecule has 0 bridgehead atoms. The molecule has 1 N–H and O–H groups in total. The Labute approximate surface area is 173 Å². The second kappa shape index (κ2) is 9.42. The summed E-state index contributed by atoms with van der Waals surface area (Å²) >= 11 is 0. The Morgan fingerprint density at radius 3 is 2.62 bits per heavy atom. The number of nitrogens with zero attached hydrogens (tertiary/aromatic N) is 1. The minimum atomic E-state index is -0.478. The van der Waals surface area contributed by atoms with Crippen LogP contribution in [-0.2, 0) is 14.3 Å². The van der Waals surface area contributed by atoms with Crippen LogP contribution in [0.4, 0.5) is 0 Å². The van der Waals surface area contributed by atoms with Gasteiger partial charge in [-0.3, -0.25) is 14.4 Å². The summed E-state index contributed by atoms with van der Waals surface area (Å²) in [4.78, 5) is 40.3. The lowest BCUT2D eigenvalue weighted by atomic mass is 9.65. The molecule has 1 fully saturated rings. The van der Waals surface area contributed by atoms with Gasteiger partial charge in [0.2, 0.25) is 5.91 Å². The van der Waals surface area contributed by atoms with E-state index >= 15 is 0 Å². The van der Waals surface area contributed by atoms with Gasteiger partial charge in [0, 0.05) is 18.7 Å². The molecule has 0 radical (unpaired) electrons. The SMILES string of the molecule is CCCCN1C(=O)c2ccccc2C(C(=O)NCCC(=O)OC)C12CCCCC2. The van der Waals surface area contributed by atoms with E-state index in [1.165, 1.54) is 7.11 Å². The van der Waals surface area contributed by atoms with Gasteiger partial charge in [-0.2, -0.15) is 0 Å². The molecule has 3 rings (SSSR count). The molecule has 1 heterocycles. The molecule has 0 aromatic heterocycles. The fraction of sp³-hybridized carbons (Fsp3) is 0.609. The van der Waals surface area contributed by atoms with Crippen LogP contribution in [0.1, 0.15) is 80.1 Å². The quantitative estimate of drug-likeness (QED) is 0.712. The summed E-state index contributed by atoms with van der Waals surface area (Å²) in [5, 5.41) is 2.94. The van der Waals surface area contributed by atoms with Gasteiger partial charge in [-0.05, 0) is 30.9 Å². The number of nitrogens with one attached hydrogen (secondary N) is 1. The summed E-state index contributed by atoms with van der Waals surface area (Å²) in [6.07, 6.45) is 6.91. The Morgan fingerprint density at radius 1 is 1.21 bits per heavy atom. The lowest BCUT2D eigenvalue weighted by Crippen LogP contribution is -2.62. The van der Waals surface area contributed by atoms with E-state index in [0.717, 1.165) is 50.5 Å². The summed E-state index contributed by atoms with van der Waals surface area (Å²) in [5.41, 5.74) is 0.976. The second-order valence-corrected chi connectivity index (χ2v) is 8.11. The standard InChI is InChI=1S/C23H32N2O4/c1-3-4-16-25-22(28)18-11-7-6-10-17(18)20(23(25)13-8-5-9-14-23)21(27)24-15-12-19(26)29-2/h6-7,10-11,20H,3-5,8-9,12-16H2,1-2H3,(H,24,27). The first kappa shape index (κ1) is 21.3. The summed E-state index contributed by atoms with van der Waals surface area (Å²) in [6.45, 7) is 3.03. The molecule has 29 heavy (non-hydrogen) atoms. The van der Waals surface area contributed by atoms with Crippen LogP contribution in [0.3, 0.4) is 0 Å². The van der Waals surface area contributed by atoms with E-state index in [0.29, 0.717) is 12.1 Å². The molecular weight excluding hydrogens is 368 g/mol. The Bertz CT molecular complexity index is 755. The number of benzene rings is 1. The summed E-state index contributed by atoms with van der Waals surface area (Å²) in [6, 6.07) is 7.52. The van der Waals surface area contributed by atoms with Gasteiger partial charge in [-0.15, -0.1) is 0 Å². The summed E-state index contributed by atoms with van der Waals surface area (Å²) in [7, 11) is 1.34. The number of hydrogen-bond donors (Lipinski definition) is 1. The normalized spacial score (nSPS) is 20.3. The van der Waals surface area contributed by atoms with Crippen LogP contribution in [0.2, 0.25) is 0 Å². The zero-order chi connectivity index (χ0) is 20.9. The Hall–Kier alpha value is -2.37. The first-order valence-corrected chi connectivity index (χ1v) is 10.8. The Balaban J connectivity index is 1.98. The van der Waals surface area contributed by atoms with Gasteiger partial charge < -0.3 is 15.0 Å². The van der Waals surface area contributed by atoms with Crippen molar-refractivity contribution in [3.8, 4) is 0 Å². The van der Waals surface area contributed by atoms with E-state index in [1.54, 1.807) is 0 Å². The van der Waals surface area contributed by atoms with E-state index in [1.807, 2.05) is 29.2 Å². The molecule has 6 heteroatoms. The van der Waals surface area contributed by atoms with E-state index in [9.17, 15) is 14.4 Å². The van der Waals surface area contributed by atoms with Crippen molar-refractivity contribution in [3.05, 3.63) is 35.4 Å². The van der Waals surface area contributed by atoms with Crippen molar-refractivity contribution in [2.45, 2.75) is 69.7 Å². The highest BCUT2D eigenvalue weighted by Gasteiger charge is 2.54. The number of amides is 2. The molecular formula is C23H32N2O4. The second-order valence-electron chi connectivity index (χ2n) is 8.11. The van der Waals surface area contributed by atoms with Gasteiger partial charge in [0.1, 0.15) is 0 Å². The van der Waals surface area contributed by atoms with Gasteiger partial charge in [0.05, 0.1) is 25.0 Å². The third-order valence-electron chi connectivity index (χ3n) is 6.40. The number of unbranched alkanes of at least 4 members (excludes halogenated alkanes) is 1. The average molecular weight is 401 g/mol. The molecule has 2 amide bonds. The Morgan fingerprint density at radius 2 is 1.93 bits per heavy atom. The molecule has 1 aromatic carbocycles. The molecule has 1 aromatic rings. The van der Waals surface area contributed by atoms with Crippen molar-refractivity contribution in [2.24, 2.45) is 0 Å². The Kier molecular flexibility index (Phi) is 6.93. The number of rotatable bonds is 7. The minimum absolute atomic E-state index is 0.0505. The third kappa shape index (κ3) is 4.16. The third-order valence-corrected chi connectivity index (χ3v) is 6.40. The predicted molar refractivity (Wildman–Crippen MR) is 111 cm³/mol. The van der Waals surface area contributed by atoms with E-state index in [-0.39, 0.29) is 30.7 Å². The van der Waals surface area contributed by atoms with Gasteiger partial charge in [0.25, 0.3) is 5.91 Å². The van der Waals surface area contributed by atoms with E-state index in [2.05, 4.69) is 17.0 Å². The van der Waals surface area contributed by atoms with Crippen molar-refractivity contribution >= 4 is 17.8 Å². The molecule has 6 nitrogen and oxygen atoms in total. The number of carbonyl (C=O) groups excluding carboxylic acids is 3. The summed E-state index contributed by atoms with van der Waals surface area (Å²) < 4.78 is 4.68. The van der Waals surface area contributed by atoms with Crippen molar-refractivity contribution in [1.82, 2.24) is 10.2 Å². The predicted octanol–water partition coefficient (Wildman–Crippen LogP) is 3.41. The molecule has 1 unspecified atom stereocenters. The van der Waals surface area contributed by atoms with Crippen molar-refractivity contribution in [2.75, 3.05) is 20.2 Å². The van der Waals surface area contributed by atoms with Crippen LogP contribution in [0.5, 0.6) is 0 Å². The number of carbonyl (C=O) groups is 3. The van der Waals surface area contributed by atoms with Crippen molar-refractivity contribution in [3.63, 3.8) is 0 Å². The summed E-state index contributed by atoms with van der Waals surface area (Å²) in [5.74, 6) is -0.806. The van der Waals surface area contributed by atoms with Crippen LogP contribution in [0.25, 0.3) is 0 Å². The first-order valence-electron chi connectivity index (χ1n) is 10.8. The van der Waals surface area contributed by atoms with Gasteiger partial charge in [0.15, 0.2) is 0 Å². The minimum Gasteiger partial charge on any atom is -0.469 e. The van der Waals surface area contributed by atoms with Gasteiger partial charge >= 0.3 is 5.97 Å². The number of esters is 1. The lowest BCUT2D eigenvalue weighted by molar-refractivity contribution is -0.140. The fourth-order valence-electron chi connectivity index (χ4n) is 4.98. The topological polar surface area (TPSA) is 75.7 Å². The zero-order valence-electron chi connectivity index (χ0n) is 17.5. The zero-order valence-corrected chi connectivity index (χ0v) is 17.5. The highest BCUT2D eigenvalue weighted by molar-refractivity contribution is 6.02. The fourth-order valence-corrected chi connectivity index (χ4v) is 4.98. The van der Waals surface area contributed by atoms with Crippen LogP contribution < -0.4 is 5.32 Å². The number of ether oxygens (including phenoxy) is 1. The van der Waals surface area contributed by atoms with Crippen LogP contribution in [0, 0.1) is 0 Å². The van der Waals surface area contributed by atoms with Crippen LogP contribution in [-0.4, -0.2) is 48.4 Å². The molecule has 1 aliphatic heterocycles. The van der Waals surface area contributed by atoms with E-state index < -0.39 is 11.5 Å². The maximum atomic E-state index is 13.4. The molecule has 1 atom stereocenters. The monoisotopic (exact) mass is 400 g/mol. The molecule has 0 saturated heterocycles. The molecule has 1 spiro atoms. The molecule has 1 saturated carbocycles. The number of methoxy groups -OCH3 is 1. The van der Waals surface area contributed by atoms with Crippen molar-refractivity contribution < 1.29 is 19.1 Å². The van der Waals surface area contributed by atoms with E-state index in [4.69, 9.17) is 0 Å². The molecule has 2 aliphatic rings.